The first-order valence-corrected chi connectivity index (χ1v) is 18.6. The van der Waals surface area contributed by atoms with Gasteiger partial charge < -0.3 is 20.4 Å². The van der Waals surface area contributed by atoms with Gasteiger partial charge in [-0.05, 0) is 82.3 Å². The summed E-state index contributed by atoms with van der Waals surface area (Å²) in [4.78, 5) is 0. The fourth-order valence-electron chi connectivity index (χ4n) is 7.29. The van der Waals surface area contributed by atoms with Crippen LogP contribution in [0.25, 0.3) is 0 Å². The summed E-state index contributed by atoms with van der Waals surface area (Å²) in [6.45, 7) is 12.0. The maximum atomic E-state index is 14.1. The van der Waals surface area contributed by atoms with Gasteiger partial charge in [0.2, 0.25) is 0 Å². The molecule has 1 aliphatic rings. The zero-order chi connectivity index (χ0) is 37.4. The van der Waals surface area contributed by atoms with Gasteiger partial charge in [0, 0.05) is 25.7 Å². The van der Waals surface area contributed by atoms with E-state index in [1.807, 2.05) is 126 Å². The van der Waals surface area contributed by atoms with Gasteiger partial charge >= 0.3 is 0 Å². The second-order valence-corrected chi connectivity index (χ2v) is 13.4. The van der Waals surface area contributed by atoms with E-state index in [-0.39, 0.29) is 50.7 Å². The van der Waals surface area contributed by atoms with Crippen LogP contribution in [0.4, 0.5) is 0 Å². The number of benzene rings is 6. The van der Waals surface area contributed by atoms with Crippen molar-refractivity contribution >= 4 is 0 Å². The van der Waals surface area contributed by atoms with Crippen molar-refractivity contribution in [2.45, 2.75) is 94.9 Å². The van der Waals surface area contributed by atoms with Crippen molar-refractivity contribution in [3.8, 4) is 23.0 Å². The van der Waals surface area contributed by atoms with Crippen molar-refractivity contribution in [1.82, 2.24) is 0 Å². The standard InChI is InChI=1S/C44H40O4.2C2H6.2CH4/c1-27-13-33-23-37-19-31(17-29-9-5-3-6-10-29)21-39(43(37)47)25-35-15-28(2)16-36(42(35)46)26-40-22-32(18-30-11-7-4-8-12-30)20-38(44(40)48)24-34(14-27)41(33)45;2*1-2;;/h3-16,19-22,45-48H,17-18,23-26H2,1-2H3;2*1-2H3;2*1H4/p-1. The first-order valence-electron chi connectivity index (χ1n) is 18.6. The van der Waals surface area contributed by atoms with E-state index in [9.17, 15) is 20.4 Å². The zero-order valence-electron chi connectivity index (χ0n) is 31.4. The van der Waals surface area contributed by atoms with Gasteiger partial charge in [-0.25, -0.2) is 0 Å². The fourth-order valence-corrected chi connectivity index (χ4v) is 7.29. The Balaban J connectivity index is 0.00000127. The fraction of sp³-hybridized carbons (Fsp3) is 0.280. The van der Waals surface area contributed by atoms with Gasteiger partial charge in [0.15, 0.2) is 0 Å². The summed E-state index contributed by atoms with van der Waals surface area (Å²) in [6.07, 6.45) is 2.52. The predicted molar refractivity (Wildman–Crippen MR) is 226 cm³/mol. The highest BCUT2D eigenvalue weighted by atomic mass is 16.3. The minimum atomic E-state index is -0.0720. The molecule has 54 heavy (non-hydrogen) atoms. The Hall–Kier alpha value is -5.48. The Bertz CT molecular complexity index is 1880. The van der Waals surface area contributed by atoms with E-state index < -0.39 is 0 Å². The molecule has 0 saturated carbocycles. The van der Waals surface area contributed by atoms with Crippen molar-refractivity contribution in [2.75, 3.05) is 0 Å². The first-order chi connectivity index (χ1) is 25.2. The number of phenolic OH excluding ortho intramolecular Hbond substituents is 3. The number of aryl methyl sites for hydroxylation is 2. The van der Waals surface area contributed by atoms with Crippen LogP contribution in [0.15, 0.2) is 109 Å². The molecule has 7 rings (SSSR count). The van der Waals surface area contributed by atoms with Gasteiger partial charge in [-0.2, -0.15) is 0 Å². The molecule has 0 radical (unpaired) electrons. The topological polar surface area (TPSA) is 83.8 Å². The normalized spacial score (nSPS) is 11.4. The zero-order valence-corrected chi connectivity index (χ0v) is 31.4. The van der Waals surface area contributed by atoms with Crippen LogP contribution in [0.1, 0.15) is 120 Å². The monoisotopic (exact) mass is 723 g/mol. The first kappa shape index (κ1) is 42.9. The molecule has 284 valence electrons. The van der Waals surface area contributed by atoms with Gasteiger partial charge in [-0.15, -0.1) is 5.75 Å². The summed E-state index contributed by atoms with van der Waals surface area (Å²) >= 11 is 0. The molecule has 0 aromatic heterocycles. The summed E-state index contributed by atoms with van der Waals surface area (Å²) < 4.78 is 0. The molecule has 0 fully saturated rings. The molecule has 0 heterocycles. The van der Waals surface area contributed by atoms with Crippen LogP contribution < -0.4 is 5.11 Å². The maximum absolute atomic E-state index is 14.1. The molecule has 0 atom stereocenters. The van der Waals surface area contributed by atoms with Gasteiger partial charge in [0.05, 0.1) is 0 Å². The summed E-state index contributed by atoms with van der Waals surface area (Å²) in [7, 11) is 0. The Morgan fingerprint density at radius 1 is 0.407 bits per heavy atom. The molecule has 1 aliphatic carbocycles. The van der Waals surface area contributed by atoms with Crippen LogP contribution in [0, 0.1) is 13.8 Å². The largest absolute Gasteiger partial charge is 0.872 e. The maximum Gasteiger partial charge on any atom is 0.122 e. The lowest BCUT2D eigenvalue weighted by Crippen LogP contribution is -2.08. The second kappa shape index (κ2) is 19.6. The molecular formula is C50H59O4-. The summed E-state index contributed by atoms with van der Waals surface area (Å²) in [6, 6.07) is 36.2. The summed E-state index contributed by atoms with van der Waals surface area (Å²) in [5.41, 5.74) is 11.7. The van der Waals surface area contributed by atoms with Crippen molar-refractivity contribution < 1.29 is 20.4 Å². The lowest BCUT2D eigenvalue weighted by atomic mass is 9.87. The van der Waals surface area contributed by atoms with E-state index in [0.29, 0.717) is 70.2 Å². The quantitative estimate of drug-likeness (QED) is 0.169. The van der Waals surface area contributed by atoms with Crippen LogP contribution in [0.2, 0.25) is 0 Å². The van der Waals surface area contributed by atoms with E-state index in [0.717, 1.165) is 33.4 Å². The summed E-state index contributed by atoms with van der Waals surface area (Å²) in [5.74, 6) is 0.392. The van der Waals surface area contributed by atoms with Crippen LogP contribution in [0.3, 0.4) is 0 Å². The van der Waals surface area contributed by atoms with Gasteiger partial charge in [-0.3, -0.25) is 0 Å². The van der Waals surface area contributed by atoms with E-state index in [1.54, 1.807) is 0 Å². The Morgan fingerprint density at radius 2 is 0.667 bits per heavy atom. The molecule has 0 saturated heterocycles. The molecule has 6 aromatic carbocycles. The highest BCUT2D eigenvalue weighted by molar-refractivity contribution is 5.57. The number of fused-ring (bicyclic) bond motifs is 8. The lowest BCUT2D eigenvalue weighted by molar-refractivity contribution is -0.270. The van der Waals surface area contributed by atoms with Crippen LogP contribution in [-0.2, 0) is 38.5 Å². The minimum absolute atomic E-state index is 0. The SMILES string of the molecule is C.C.CC.CC.Cc1cc2c(O)c(c1)Cc1cc(Cc3ccccc3)cc(c1O)Cc1cc(C)cc(c1O)Cc1cc(Cc3ccccc3)cc(c1[O-])C2. The van der Waals surface area contributed by atoms with Crippen molar-refractivity contribution in [2.24, 2.45) is 0 Å². The number of rotatable bonds is 4. The minimum Gasteiger partial charge on any atom is -0.872 e. The number of aromatic hydroxyl groups is 3. The third-order valence-corrected chi connectivity index (χ3v) is 9.48. The van der Waals surface area contributed by atoms with E-state index in [1.165, 1.54) is 0 Å². The molecule has 0 spiro atoms. The highest BCUT2D eigenvalue weighted by Crippen LogP contribution is 2.39. The smallest absolute Gasteiger partial charge is 0.122 e. The average molecular weight is 724 g/mol. The van der Waals surface area contributed by atoms with Crippen LogP contribution in [-0.4, -0.2) is 15.3 Å². The molecule has 4 heteroatoms. The predicted octanol–water partition coefficient (Wildman–Crippen LogP) is 11.7. The molecule has 3 N–H and O–H groups in total. The van der Waals surface area contributed by atoms with Crippen molar-refractivity contribution in [3.63, 3.8) is 0 Å². The van der Waals surface area contributed by atoms with Gasteiger partial charge in [-0.1, -0.05) is 174 Å². The highest BCUT2D eigenvalue weighted by Gasteiger charge is 2.20. The number of phenols is 3. The second-order valence-electron chi connectivity index (χ2n) is 13.4. The molecule has 4 nitrogen and oxygen atoms in total. The molecular weight excluding hydrogens is 665 g/mol. The summed E-state index contributed by atoms with van der Waals surface area (Å²) in [5, 5.41) is 49.2. The van der Waals surface area contributed by atoms with E-state index >= 15 is 0 Å². The number of hydrogen-bond donors (Lipinski definition) is 3. The van der Waals surface area contributed by atoms with E-state index in [2.05, 4.69) is 24.3 Å². The van der Waals surface area contributed by atoms with Crippen molar-refractivity contribution in [1.29, 1.82) is 0 Å². The Labute approximate surface area is 324 Å². The van der Waals surface area contributed by atoms with Gasteiger partial charge in [0.1, 0.15) is 17.2 Å². The third-order valence-electron chi connectivity index (χ3n) is 9.48. The molecule has 0 aliphatic heterocycles. The Morgan fingerprint density at radius 3 is 0.981 bits per heavy atom. The Kier molecular flexibility index (Phi) is 15.5. The van der Waals surface area contributed by atoms with Crippen molar-refractivity contribution in [3.05, 3.63) is 187 Å². The van der Waals surface area contributed by atoms with E-state index in [4.69, 9.17) is 0 Å². The van der Waals surface area contributed by atoms with Gasteiger partial charge in [0.25, 0.3) is 0 Å². The number of hydrogen-bond acceptors (Lipinski definition) is 4. The van der Waals surface area contributed by atoms with Crippen LogP contribution in [0.5, 0.6) is 23.0 Å². The third kappa shape index (κ3) is 9.93. The molecule has 8 bridgehead atoms. The molecule has 0 unspecified atom stereocenters. The molecule has 6 aromatic rings. The molecule has 0 amide bonds. The average Bonchev–Trinajstić information content (AvgIpc) is 3.14. The van der Waals surface area contributed by atoms with Crippen LogP contribution >= 0.6 is 0 Å². The lowest BCUT2D eigenvalue weighted by Gasteiger charge is -2.24.